The molecule has 0 unspecified atom stereocenters. The van der Waals surface area contributed by atoms with Gasteiger partial charge in [0.05, 0.1) is 0 Å². The van der Waals surface area contributed by atoms with Gasteiger partial charge in [-0.3, -0.25) is 9.59 Å². The van der Waals surface area contributed by atoms with Crippen molar-refractivity contribution in [1.29, 1.82) is 0 Å². The summed E-state index contributed by atoms with van der Waals surface area (Å²) < 4.78 is 5.20. The van der Waals surface area contributed by atoms with Crippen LogP contribution in [0, 0.1) is 0 Å². The molecule has 0 aliphatic carbocycles. The second-order valence-corrected chi connectivity index (χ2v) is 8.06. The lowest BCUT2D eigenvalue weighted by molar-refractivity contribution is -0.149. The predicted molar refractivity (Wildman–Crippen MR) is 133 cm³/mol. The zero-order chi connectivity index (χ0) is 24.5. The lowest BCUT2D eigenvalue weighted by atomic mass is 10.2. The summed E-state index contributed by atoms with van der Waals surface area (Å²) in [7, 11) is 0. The second-order valence-electron chi connectivity index (χ2n) is 8.06. The van der Waals surface area contributed by atoms with Gasteiger partial charge in [0.25, 0.3) is 11.8 Å². The molecule has 0 fully saturated rings. The van der Waals surface area contributed by atoms with Gasteiger partial charge >= 0.3 is 5.97 Å². The van der Waals surface area contributed by atoms with Crippen LogP contribution in [0.3, 0.4) is 0 Å². The molecule has 34 heavy (non-hydrogen) atoms. The number of carbonyl (C=O) groups is 3. The van der Waals surface area contributed by atoms with Crippen LogP contribution in [0.15, 0.2) is 84.9 Å². The maximum absolute atomic E-state index is 12.9. The Hall–Kier alpha value is -4.13. The quantitative estimate of drug-likeness (QED) is 0.459. The highest BCUT2D eigenvalue weighted by Crippen LogP contribution is 2.23. The monoisotopic (exact) mass is 459 g/mol. The minimum atomic E-state index is -0.892. The number of para-hydroxylation sites is 1. The Bertz CT molecular complexity index is 1100. The first-order valence-electron chi connectivity index (χ1n) is 11.1. The minimum Gasteiger partial charge on any atom is -0.454 e. The van der Waals surface area contributed by atoms with Crippen LogP contribution in [0.4, 0.5) is 17.1 Å². The van der Waals surface area contributed by atoms with Crippen molar-refractivity contribution >= 4 is 34.8 Å². The molecule has 0 spiro atoms. The molecule has 176 valence electrons. The number of nitrogens with zero attached hydrogens (tertiary/aromatic N) is 1. The first-order chi connectivity index (χ1) is 16.3. The van der Waals surface area contributed by atoms with Gasteiger partial charge in [-0.25, -0.2) is 4.79 Å². The summed E-state index contributed by atoms with van der Waals surface area (Å²) in [6.45, 7) is 4.87. The van der Waals surface area contributed by atoms with E-state index < -0.39 is 18.6 Å². The molecule has 0 saturated carbocycles. The van der Waals surface area contributed by atoms with E-state index in [2.05, 4.69) is 10.6 Å². The molecule has 3 rings (SSSR count). The smallest absolute Gasteiger partial charge is 0.328 e. The Morgan fingerprint density at radius 2 is 1.35 bits per heavy atom. The standard InChI is InChI=1S/C27H29N3O4/c1-19(2)30(24-16-14-23(15-17-24)29-22-12-8-5-9-13-22)25(31)18-34-27(33)20(3)28-26(32)21-10-6-4-7-11-21/h4-17,19-20,29H,18H2,1-3H3,(H,28,32)/t20-/m0/s1. The maximum Gasteiger partial charge on any atom is 0.328 e. The van der Waals surface area contributed by atoms with E-state index in [9.17, 15) is 14.4 Å². The van der Waals surface area contributed by atoms with Crippen LogP contribution in [0.25, 0.3) is 0 Å². The molecule has 1 atom stereocenters. The van der Waals surface area contributed by atoms with E-state index in [1.165, 1.54) is 6.92 Å². The minimum absolute atomic E-state index is 0.144. The summed E-state index contributed by atoms with van der Waals surface area (Å²) in [5.41, 5.74) is 2.99. The fourth-order valence-corrected chi connectivity index (χ4v) is 3.38. The van der Waals surface area contributed by atoms with Gasteiger partial charge in [-0.2, -0.15) is 0 Å². The second kappa shape index (κ2) is 11.7. The van der Waals surface area contributed by atoms with Crippen LogP contribution < -0.4 is 15.5 Å². The zero-order valence-electron chi connectivity index (χ0n) is 19.5. The van der Waals surface area contributed by atoms with Gasteiger partial charge in [0.2, 0.25) is 0 Å². The molecule has 0 aliphatic rings. The van der Waals surface area contributed by atoms with Crippen molar-refractivity contribution in [1.82, 2.24) is 5.32 Å². The summed E-state index contributed by atoms with van der Waals surface area (Å²) in [6, 6.07) is 24.8. The Labute approximate surface area is 199 Å². The van der Waals surface area contributed by atoms with Crippen LogP contribution in [0.1, 0.15) is 31.1 Å². The van der Waals surface area contributed by atoms with E-state index in [0.717, 1.165) is 11.4 Å². The lowest BCUT2D eigenvalue weighted by Gasteiger charge is -2.27. The number of ether oxygens (including phenoxy) is 1. The normalized spacial score (nSPS) is 11.4. The van der Waals surface area contributed by atoms with Gasteiger partial charge in [0, 0.05) is 28.7 Å². The van der Waals surface area contributed by atoms with E-state index in [4.69, 9.17) is 4.74 Å². The van der Waals surface area contributed by atoms with Crippen LogP contribution in [-0.4, -0.2) is 36.5 Å². The predicted octanol–water partition coefficient (Wildman–Crippen LogP) is 4.53. The molecular weight excluding hydrogens is 430 g/mol. The number of esters is 1. The van der Waals surface area contributed by atoms with Crippen LogP contribution in [0.5, 0.6) is 0 Å². The van der Waals surface area contributed by atoms with Gasteiger partial charge in [-0.05, 0) is 69.3 Å². The molecule has 2 amide bonds. The molecule has 0 aliphatic heterocycles. The van der Waals surface area contributed by atoms with Gasteiger partial charge < -0.3 is 20.3 Å². The fourth-order valence-electron chi connectivity index (χ4n) is 3.38. The molecule has 0 bridgehead atoms. The summed E-state index contributed by atoms with van der Waals surface area (Å²) in [5.74, 6) is -1.41. The Morgan fingerprint density at radius 3 is 1.94 bits per heavy atom. The molecule has 3 aromatic rings. The Kier molecular flexibility index (Phi) is 8.40. The lowest BCUT2D eigenvalue weighted by Crippen LogP contribution is -2.43. The number of benzene rings is 3. The molecule has 2 N–H and O–H groups in total. The molecule has 0 aromatic heterocycles. The van der Waals surface area contributed by atoms with E-state index in [1.807, 2.05) is 68.4 Å². The van der Waals surface area contributed by atoms with E-state index in [0.29, 0.717) is 11.3 Å². The third-order valence-corrected chi connectivity index (χ3v) is 5.07. The molecule has 0 heterocycles. The van der Waals surface area contributed by atoms with Crippen LogP contribution in [-0.2, 0) is 14.3 Å². The molecule has 7 heteroatoms. The highest BCUT2D eigenvalue weighted by atomic mass is 16.5. The summed E-state index contributed by atoms with van der Waals surface area (Å²) in [5, 5.41) is 5.89. The Morgan fingerprint density at radius 1 is 0.794 bits per heavy atom. The van der Waals surface area contributed by atoms with Gasteiger partial charge in [0.1, 0.15) is 6.04 Å². The largest absolute Gasteiger partial charge is 0.454 e. The first-order valence-corrected chi connectivity index (χ1v) is 11.1. The summed E-state index contributed by atoms with van der Waals surface area (Å²) in [4.78, 5) is 39.0. The zero-order valence-corrected chi connectivity index (χ0v) is 19.5. The SMILES string of the molecule is CC(C)N(C(=O)COC(=O)[C@H](C)NC(=O)c1ccccc1)c1ccc(Nc2ccccc2)cc1. The molecule has 7 nitrogen and oxygen atoms in total. The van der Waals surface area contributed by atoms with Crippen molar-refractivity contribution in [3.8, 4) is 0 Å². The summed E-state index contributed by atoms with van der Waals surface area (Å²) >= 11 is 0. The average molecular weight is 460 g/mol. The number of amides is 2. The summed E-state index contributed by atoms with van der Waals surface area (Å²) in [6.07, 6.45) is 0. The van der Waals surface area contributed by atoms with E-state index >= 15 is 0 Å². The van der Waals surface area contributed by atoms with Crippen molar-refractivity contribution in [3.05, 3.63) is 90.5 Å². The van der Waals surface area contributed by atoms with E-state index in [1.54, 1.807) is 35.2 Å². The number of hydrogen-bond donors (Lipinski definition) is 2. The van der Waals surface area contributed by atoms with Gasteiger partial charge in [-0.1, -0.05) is 36.4 Å². The number of rotatable bonds is 9. The van der Waals surface area contributed by atoms with Crippen molar-refractivity contribution in [2.45, 2.75) is 32.9 Å². The number of nitrogens with one attached hydrogen (secondary N) is 2. The average Bonchev–Trinajstić information content (AvgIpc) is 2.84. The van der Waals surface area contributed by atoms with Crippen molar-refractivity contribution in [2.24, 2.45) is 0 Å². The van der Waals surface area contributed by atoms with Gasteiger partial charge in [0.15, 0.2) is 6.61 Å². The molecule has 0 saturated heterocycles. The number of hydrogen-bond acceptors (Lipinski definition) is 5. The van der Waals surface area contributed by atoms with Crippen LogP contribution in [0.2, 0.25) is 0 Å². The Balaban J connectivity index is 1.57. The highest BCUT2D eigenvalue weighted by molar-refractivity contribution is 5.98. The molecule has 0 radical (unpaired) electrons. The fraction of sp³-hybridized carbons (Fsp3) is 0.222. The first kappa shape index (κ1) is 24.5. The van der Waals surface area contributed by atoms with Crippen molar-refractivity contribution in [2.75, 3.05) is 16.8 Å². The molecule has 3 aromatic carbocycles. The van der Waals surface area contributed by atoms with Crippen molar-refractivity contribution < 1.29 is 19.1 Å². The third-order valence-electron chi connectivity index (χ3n) is 5.07. The molecular formula is C27H29N3O4. The number of carbonyl (C=O) groups excluding carboxylic acids is 3. The van der Waals surface area contributed by atoms with Gasteiger partial charge in [-0.15, -0.1) is 0 Å². The third kappa shape index (κ3) is 6.68. The van der Waals surface area contributed by atoms with Crippen molar-refractivity contribution in [3.63, 3.8) is 0 Å². The van der Waals surface area contributed by atoms with Crippen LogP contribution >= 0.6 is 0 Å². The maximum atomic E-state index is 12.9. The topological polar surface area (TPSA) is 87.7 Å². The highest BCUT2D eigenvalue weighted by Gasteiger charge is 2.23. The van der Waals surface area contributed by atoms with E-state index in [-0.39, 0.29) is 17.9 Å². The number of anilines is 3.